The number of carbonyl (C=O) groups excluding carboxylic acids is 1. The Morgan fingerprint density at radius 3 is 2.86 bits per heavy atom. The van der Waals surface area contributed by atoms with Crippen LogP contribution in [-0.2, 0) is 13.0 Å². The summed E-state index contributed by atoms with van der Waals surface area (Å²) in [5, 5.41) is 1.22. The Morgan fingerprint density at radius 1 is 1.32 bits per heavy atom. The van der Waals surface area contributed by atoms with Crippen molar-refractivity contribution in [3.8, 4) is 5.75 Å². The Morgan fingerprint density at radius 2 is 2.11 bits per heavy atom. The van der Waals surface area contributed by atoms with Crippen LogP contribution < -0.4 is 4.74 Å². The lowest BCUT2D eigenvalue weighted by molar-refractivity contribution is 0.0732. The van der Waals surface area contributed by atoms with Crippen LogP contribution in [0.15, 0.2) is 40.9 Å². The molecule has 3 aromatic rings. The highest BCUT2D eigenvalue weighted by molar-refractivity contribution is 9.10. The van der Waals surface area contributed by atoms with Crippen LogP contribution >= 0.6 is 27.5 Å². The van der Waals surface area contributed by atoms with Gasteiger partial charge in [0.05, 0.1) is 16.1 Å². The van der Waals surface area contributed by atoms with Crippen molar-refractivity contribution in [3.63, 3.8) is 0 Å². The molecule has 0 saturated heterocycles. The maximum Gasteiger partial charge on any atom is 0.344 e. The Kier molecular flexibility index (Phi) is 5.41. The van der Waals surface area contributed by atoms with Crippen molar-refractivity contribution < 1.29 is 9.53 Å². The van der Waals surface area contributed by atoms with E-state index in [1.54, 1.807) is 6.07 Å². The molecule has 1 aliphatic heterocycles. The second-order valence-electron chi connectivity index (χ2n) is 6.97. The molecule has 2 heterocycles. The molecule has 0 amide bonds. The molecule has 0 aliphatic carbocycles. The van der Waals surface area contributed by atoms with Crippen molar-refractivity contribution in [3.05, 3.63) is 68.3 Å². The van der Waals surface area contributed by atoms with Gasteiger partial charge in [-0.1, -0.05) is 52.7 Å². The predicted molar refractivity (Wildman–Crippen MR) is 115 cm³/mol. The number of hydrogen-bond acceptors (Lipinski definition) is 4. The van der Waals surface area contributed by atoms with Gasteiger partial charge in [0.1, 0.15) is 0 Å². The molecular formula is C22H20BrClN2O2. The number of rotatable bonds is 3. The van der Waals surface area contributed by atoms with E-state index in [-0.39, 0.29) is 5.97 Å². The monoisotopic (exact) mass is 458 g/mol. The van der Waals surface area contributed by atoms with Crippen LogP contribution in [0.25, 0.3) is 10.9 Å². The lowest BCUT2D eigenvalue weighted by atomic mass is 9.96. The molecule has 0 spiro atoms. The smallest absolute Gasteiger partial charge is 0.344 e. The normalized spacial score (nSPS) is 14.1. The van der Waals surface area contributed by atoms with Gasteiger partial charge in [0.2, 0.25) is 0 Å². The van der Waals surface area contributed by atoms with Gasteiger partial charge >= 0.3 is 5.97 Å². The molecule has 0 fully saturated rings. The van der Waals surface area contributed by atoms with Gasteiger partial charge in [-0.3, -0.25) is 9.88 Å². The van der Waals surface area contributed by atoms with Crippen LogP contribution in [0.3, 0.4) is 0 Å². The highest BCUT2D eigenvalue weighted by Crippen LogP contribution is 2.34. The summed E-state index contributed by atoms with van der Waals surface area (Å²) in [6.45, 7) is 6.57. The molecule has 0 saturated carbocycles. The zero-order valence-corrected chi connectivity index (χ0v) is 18.1. The van der Waals surface area contributed by atoms with Crippen LogP contribution in [0.2, 0.25) is 5.02 Å². The summed E-state index contributed by atoms with van der Waals surface area (Å²) in [6, 6.07) is 11.3. The number of carbonyl (C=O) groups is 1. The molecule has 0 bridgehead atoms. The number of nitrogens with zero attached hydrogens (tertiary/aromatic N) is 2. The summed E-state index contributed by atoms with van der Waals surface area (Å²) in [6.07, 6.45) is 0.826. The Labute approximate surface area is 177 Å². The molecule has 4 rings (SSSR count). The minimum absolute atomic E-state index is 0.389. The number of fused-ring (bicyclic) bond motifs is 2. The molecule has 28 heavy (non-hydrogen) atoms. The SMILES string of the molecule is CCN1CCc2nc3ccccc3c(C(=O)Oc3c(C)cc(Br)cc3Cl)c2C1. The lowest BCUT2D eigenvalue weighted by Crippen LogP contribution is -2.32. The van der Waals surface area contributed by atoms with Crippen LogP contribution in [-0.4, -0.2) is 28.9 Å². The van der Waals surface area contributed by atoms with Crippen LogP contribution in [0.5, 0.6) is 5.75 Å². The minimum Gasteiger partial charge on any atom is -0.421 e. The Balaban J connectivity index is 1.84. The van der Waals surface area contributed by atoms with Crippen LogP contribution in [0.4, 0.5) is 0 Å². The first-order valence-electron chi connectivity index (χ1n) is 9.28. The van der Waals surface area contributed by atoms with Gasteiger partial charge in [-0.2, -0.15) is 0 Å². The molecule has 0 atom stereocenters. The summed E-state index contributed by atoms with van der Waals surface area (Å²) in [5.74, 6) is 0.00722. The molecule has 1 aliphatic rings. The summed E-state index contributed by atoms with van der Waals surface area (Å²) in [4.78, 5) is 20.5. The fraction of sp³-hybridized carbons (Fsp3) is 0.273. The molecule has 4 nitrogen and oxygen atoms in total. The van der Waals surface area contributed by atoms with Crippen molar-refractivity contribution in [2.75, 3.05) is 13.1 Å². The number of pyridine rings is 1. The number of benzene rings is 2. The average molecular weight is 460 g/mol. The average Bonchev–Trinajstić information content (AvgIpc) is 2.68. The van der Waals surface area contributed by atoms with Gasteiger partial charge in [-0.05, 0) is 37.2 Å². The van der Waals surface area contributed by atoms with Gasteiger partial charge in [-0.25, -0.2) is 4.79 Å². The summed E-state index contributed by atoms with van der Waals surface area (Å²) in [5.41, 5.74) is 4.15. The maximum atomic E-state index is 13.3. The first-order chi connectivity index (χ1) is 13.5. The number of likely N-dealkylation sites (N-methyl/N-ethyl adjacent to an activating group) is 1. The van der Waals surface area contributed by atoms with Gasteiger partial charge < -0.3 is 4.74 Å². The van der Waals surface area contributed by atoms with E-state index < -0.39 is 0 Å². The second kappa shape index (κ2) is 7.82. The minimum atomic E-state index is -0.389. The van der Waals surface area contributed by atoms with Gasteiger partial charge in [0, 0.05) is 40.6 Å². The third-order valence-electron chi connectivity index (χ3n) is 5.17. The number of ether oxygens (including phenoxy) is 1. The van der Waals surface area contributed by atoms with Crippen LogP contribution in [0.1, 0.15) is 34.1 Å². The van der Waals surface area contributed by atoms with E-state index >= 15 is 0 Å². The third kappa shape index (κ3) is 3.54. The summed E-state index contributed by atoms with van der Waals surface area (Å²) in [7, 11) is 0. The largest absolute Gasteiger partial charge is 0.421 e. The summed E-state index contributed by atoms with van der Waals surface area (Å²) >= 11 is 9.76. The fourth-order valence-electron chi connectivity index (χ4n) is 3.71. The number of para-hydroxylation sites is 1. The van der Waals surface area contributed by atoms with Crippen molar-refractivity contribution in [1.29, 1.82) is 0 Å². The Bertz CT molecular complexity index is 1060. The number of halogens is 2. The van der Waals surface area contributed by atoms with Crippen molar-refractivity contribution in [2.24, 2.45) is 0 Å². The first-order valence-corrected chi connectivity index (χ1v) is 10.5. The molecule has 0 N–H and O–H groups in total. The topological polar surface area (TPSA) is 42.4 Å². The van der Waals surface area contributed by atoms with Gasteiger partial charge in [-0.15, -0.1) is 0 Å². The van der Waals surface area contributed by atoms with E-state index in [1.807, 2.05) is 37.3 Å². The van der Waals surface area contributed by atoms with E-state index in [0.717, 1.165) is 51.7 Å². The lowest BCUT2D eigenvalue weighted by Gasteiger charge is -2.29. The van der Waals surface area contributed by atoms with Gasteiger partial charge in [0.25, 0.3) is 0 Å². The zero-order chi connectivity index (χ0) is 19.8. The number of aromatic nitrogens is 1. The van der Waals surface area contributed by atoms with E-state index in [4.69, 9.17) is 21.3 Å². The molecule has 0 radical (unpaired) electrons. The van der Waals surface area contributed by atoms with Gasteiger partial charge in [0.15, 0.2) is 5.75 Å². The second-order valence-corrected chi connectivity index (χ2v) is 8.29. The number of hydrogen-bond donors (Lipinski definition) is 0. The van der Waals surface area contributed by atoms with E-state index in [2.05, 4.69) is 27.8 Å². The molecule has 144 valence electrons. The standard InChI is InChI=1S/C22H20BrClN2O2/c1-3-26-9-8-19-16(12-26)20(15-6-4-5-7-18(15)25-19)22(27)28-21-13(2)10-14(23)11-17(21)24/h4-7,10-11H,3,8-9,12H2,1-2H3. The first kappa shape index (κ1) is 19.4. The third-order valence-corrected chi connectivity index (χ3v) is 5.90. The highest BCUT2D eigenvalue weighted by atomic mass is 79.9. The maximum absolute atomic E-state index is 13.3. The van der Waals surface area contributed by atoms with Crippen molar-refractivity contribution >= 4 is 44.4 Å². The highest BCUT2D eigenvalue weighted by Gasteiger charge is 2.27. The van der Waals surface area contributed by atoms with Crippen molar-refractivity contribution in [2.45, 2.75) is 26.8 Å². The molecule has 0 unspecified atom stereocenters. The zero-order valence-electron chi connectivity index (χ0n) is 15.8. The fourth-order valence-corrected chi connectivity index (χ4v) is 4.72. The Hall–Kier alpha value is -1.95. The quantitative estimate of drug-likeness (QED) is 0.380. The number of aryl methyl sites for hydroxylation is 1. The van der Waals surface area contributed by atoms with Crippen molar-refractivity contribution in [1.82, 2.24) is 9.88 Å². The molecule has 1 aromatic heterocycles. The summed E-state index contributed by atoms with van der Waals surface area (Å²) < 4.78 is 6.67. The molecule has 2 aromatic carbocycles. The predicted octanol–water partition coefficient (Wildman–Crippen LogP) is 5.56. The van der Waals surface area contributed by atoms with E-state index in [0.29, 0.717) is 22.9 Å². The van der Waals surface area contributed by atoms with E-state index in [1.165, 1.54) is 0 Å². The van der Waals surface area contributed by atoms with Crippen LogP contribution in [0, 0.1) is 6.92 Å². The molecule has 6 heteroatoms. The number of esters is 1. The van der Waals surface area contributed by atoms with E-state index in [9.17, 15) is 4.79 Å². The molecular weight excluding hydrogens is 440 g/mol.